The van der Waals surface area contributed by atoms with Crippen LogP contribution in [0.2, 0.25) is 0 Å². The van der Waals surface area contributed by atoms with Crippen LogP contribution < -0.4 is 10.6 Å². The van der Waals surface area contributed by atoms with Crippen LogP contribution in [0.5, 0.6) is 0 Å². The van der Waals surface area contributed by atoms with Crippen LogP contribution >= 0.6 is 0 Å². The lowest BCUT2D eigenvalue weighted by molar-refractivity contribution is -0.384. The minimum atomic E-state index is -0.530. The van der Waals surface area contributed by atoms with E-state index in [1.54, 1.807) is 31.3 Å². The van der Waals surface area contributed by atoms with Crippen LogP contribution in [-0.4, -0.2) is 17.9 Å². The maximum Gasteiger partial charge on any atom is 0.293 e. The molecule has 0 saturated carbocycles. The van der Waals surface area contributed by atoms with Gasteiger partial charge in [-0.3, -0.25) is 14.9 Å². The third kappa shape index (κ3) is 3.83. The van der Waals surface area contributed by atoms with Crippen molar-refractivity contribution in [3.8, 4) is 6.07 Å². The molecule has 0 aliphatic rings. The molecule has 0 aromatic heterocycles. The number of nitrogens with zero attached hydrogens (tertiary/aromatic N) is 2. The fourth-order valence-electron chi connectivity index (χ4n) is 2.02. The Labute approximate surface area is 132 Å². The first-order valence-electron chi connectivity index (χ1n) is 6.78. The number of hydrogen-bond donors (Lipinski definition) is 2. The maximum atomic E-state index is 11.5. The third-order valence-electron chi connectivity index (χ3n) is 3.25. The molecule has 0 radical (unpaired) electrons. The summed E-state index contributed by atoms with van der Waals surface area (Å²) in [6, 6.07) is 13.0. The van der Waals surface area contributed by atoms with Crippen molar-refractivity contribution in [1.82, 2.24) is 5.32 Å². The molecule has 0 aliphatic heterocycles. The molecule has 23 heavy (non-hydrogen) atoms. The van der Waals surface area contributed by atoms with E-state index in [-0.39, 0.29) is 17.2 Å². The topological polar surface area (TPSA) is 108 Å². The Hall–Kier alpha value is -3.40. The molecule has 0 atom stereocenters. The van der Waals surface area contributed by atoms with Gasteiger partial charge < -0.3 is 10.6 Å². The average molecular weight is 310 g/mol. The Kier molecular flexibility index (Phi) is 4.89. The van der Waals surface area contributed by atoms with Gasteiger partial charge in [0.15, 0.2) is 0 Å². The summed E-state index contributed by atoms with van der Waals surface area (Å²) in [4.78, 5) is 22.0. The second-order valence-electron chi connectivity index (χ2n) is 4.73. The summed E-state index contributed by atoms with van der Waals surface area (Å²) in [6.45, 7) is 0.362. The van der Waals surface area contributed by atoms with Crippen LogP contribution in [-0.2, 0) is 6.54 Å². The Morgan fingerprint density at radius 3 is 2.52 bits per heavy atom. The number of carbonyl (C=O) groups is 1. The molecule has 116 valence electrons. The highest BCUT2D eigenvalue weighted by atomic mass is 16.6. The number of amides is 1. The minimum Gasteiger partial charge on any atom is -0.375 e. The van der Waals surface area contributed by atoms with Gasteiger partial charge in [0.25, 0.3) is 11.6 Å². The van der Waals surface area contributed by atoms with Crippen LogP contribution in [0.1, 0.15) is 21.5 Å². The standard InChI is InChI=1S/C16H14N4O3/c1-18-16(21)13-5-2-11(3-6-13)10-19-14-7-4-12(9-17)8-15(14)20(22)23/h2-8,19H,10H2,1H3,(H,18,21). The van der Waals surface area contributed by atoms with E-state index >= 15 is 0 Å². The highest BCUT2D eigenvalue weighted by Crippen LogP contribution is 2.25. The molecule has 2 N–H and O–H groups in total. The summed E-state index contributed by atoms with van der Waals surface area (Å²) in [5, 5.41) is 25.4. The SMILES string of the molecule is CNC(=O)c1ccc(CNc2ccc(C#N)cc2[N+](=O)[O-])cc1. The number of carbonyl (C=O) groups excluding carboxylic acids is 1. The molecule has 0 heterocycles. The molecule has 1 amide bonds. The highest BCUT2D eigenvalue weighted by Gasteiger charge is 2.14. The quantitative estimate of drug-likeness (QED) is 0.651. The lowest BCUT2D eigenvalue weighted by Gasteiger charge is -2.08. The zero-order valence-corrected chi connectivity index (χ0v) is 12.4. The average Bonchev–Trinajstić information content (AvgIpc) is 2.59. The maximum absolute atomic E-state index is 11.5. The van der Waals surface area contributed by atoms with Crippen LogP contribution in [0.25, 0.3) is 0 Å². The highest BCUT2D eigenvalue weighted by molar-refractivity contribution is 5.93. The molecule has 2 aromatic rings. The summed E-state index contributed by atoms with van der Waals surface area (Å²) >= 11 is 0. The van der Waals surface area contributed by atoms with Crippen molar-refractivity contribution in [2.75, 3.05) is 12.4 Å². The van der Waals surface area contributed by atoms with Gasteiger partial charge in [0.2, 0.25) is 0 Å². The Morgan fingerprint density at radius 2 is 1.96 bits per heavy atom. The molecule has 0 bridgehead atoms. The lowest BCUT2D eigenvalue weighted by Crippen LogP contribution is -2.17. The number of rotatable bonds is 5. The van der Waals surface area contributed by atoms with Gasteiger partial charge in [-0.05, 0) is 29.8 Å². The molecule has 7 heteroatoms. The second kappa shape index (κ2) is 7.04. The first-order valence-corrected chi connectivity index (χ1v) is 6.78. The predicted molar refractivity (Wildman–Crippen MR) is 85.0 cm³/mol. The van der Waals surface area contributed by atoms with Crippen LogP contribution in [0.4, 0.5) is 11.4 Å². The molecule has 0 aliphatic carbocycles. The van der Waals surface area contributed by atoms with Gasteiger partial charge in [-0.2, -0.15) is 5.26 Å². The van der Waals surface area contributed by atoms with Gasteiger partial charge >= 0.3 is 0 Å². The van der Waals surface area contributed by atoms with Crippen LogP contribution in [0.15, 0.2) is 42.5 Å². The number of nitrogens with one attached hydrogen (secondary N) is 2. The number of nitro benzene ring substituents is 1. The first kappa shape index (κ1) is 16.0. The second-order valence-corrected chi connectivity index (χ2v) is 4.73. The van der Waals surface area contributed by atoms with Gasteiger partial charge in [-0.25, -0.2) is 0 Å². The molecule has 0 fully saturated rings. The van der Waals surface area contributed by atoms with Crippen LogP contribution in [0.3, 0.4) is 0 Å². The van der Waals surface area contributed by atoms with Crippen molar-refractivity contribution >= 4 is 17.3 Å². The van der Waals surface area contributed by atoms with Crippen molar-refractivity contribution in [3.05, 3.63) is 69.3 Å². The molecule has 0 unspecified atom stereocenters. The molecule has 0 spiro atoms. The predicted octanol–water partition coefficient (Wildman–Crippen LogP) is 2.44. The van der Waals surface area contributed by atoms with E-state index in [0.29, 0.717) is 17.8 Å². The summed E-state index contributed by atoms with van der Waals surface area (Å²) in [5.74, 6) is -0.174. The molecule has 0 saturated heterocycles. The molecule has 2 aromatic carbocycles. The van der Waals surface area contributed by atoms with Crippen molar-refractivity contribution in [1.29, 1.82) is 5.26 Å². The number of nitro groups is 1. The van der Waals surface area contributed by atoms with Crippen molar-refractivity contribution < 1.29 is 9.72 Å². The third-order valence-corrected chi connectivity index (χ3v) is 3.25. The Morgan fingerprint density at radius 1 is 1.26 bits per heavy atom. The van der Waals surface area contributed by atoms with E-state index < -0.39 is 4.92 Å². The van der Waals surface area contributed by atoms with E-state index in [1.807, 2.05) is 6.07 Å². The van der Waals surface area contributed by atoms with E-state index in [9.17, 15) is 14.9 Å². The van der Waals surface area contributed by atoms with Gasteiger partial charge in [0.1, 0.15) is 5.69 Å². The van der Waals surface area contributed by atoms with E-state index in [4.69, 9.17) is 5.26 Å². The normalized spacial score (nSPS) is 9.74. The number of anilines is 1. The Balaban J connectivity index is 2.13. The lowest BCUT2D eigenvalue weighted by atomic mass is 10.1. The van der Waals surface area contributed by atoms with Crippen molar-refractivity contribution in [2.24, 2.45) is 0 Å². The van der Waals surface area contributed by atoms with E-state index in [2.05, 4.69) is 10.6 Å². The molecular weight excluding hydrogens is 296 g/mol. The summed E-state index contributed by atoms with van der Waals surface area (Å²) in [7, 11) is 1.56. The Bertz CT molecular complexity index is 779. The van der Waals surface area contributed by atoms with Crippen LogP contribution in [0, 0.1) is 21.4 Å². The van der Waals surface area contributed by atoms with Crippen molar-refractivity contribution in [2.45, 2.75) is 6.54 Å². The number of hydrogen-bond acceptors (Lipinski definition) is 5. The zero-order valence-electron chi connectivity index (χ0n) is 12.4. The fraction of sp³-hybridized carbons (Fsp3) is 0.125. The van der Waals surface area contributed by atoms with Gasteiger partial charge in [-0.15, -0.1) is 0 Å². The first-order chi connectivity index (χ1) is 11.0. The monoisotopic (exact) mass is 310 g/mol. The largest absolute Gasteiger partial charge is 0.375 e. The fourth-order valence-corrected chi connectivity index (χ4v) is 2.02. The minimum absolute atomic E-state index is 0.147. The number of benzene rings is 2. The van der Waals surface area contributed by atoms with Gasteiger partial charge in [0.05, 0.1) is 16.6 Å². The van der Waals surface area contributed by atoms with Gasteiger partial charge in [-0.1, -0.05) is 12.1 Å². The molecule has 7 nitrogen and oxygen atoms in total. The van der Waals surface area contributed by atoms with E-state index in [1.165, 1.54) is 18.2 Å². The number of nitriles is 1. The summed E-state index contributed by atoms with van der Waals surface area (Å²) in [6.07, 6.45) is 0. The zero-order chi connectivity index (χ0) is 16.8. The molecular formula is C16H14N4O3. The summed E-state index contributed by atoms with van der Waals surface area (Å²) in [5.41, 5.74) is 1.84. The van der Waals surface area contributed by atoms with Gasteiger partial charge in [0, 0.05) is 25.2 Å². The van der Waals surface area contributed by atoms with E-state index in [0.717, 1.165) is 5.56 Å². The summed E-state index contributed by atoms with van der Waals surface area (Å²) < 4.78 is 0. The molecule has 2 rings (SSSR count). The van der Waals surface area contributed by atoms with Crippen molar-refractivity contribution in [3.63, 3.8) is 0 Å². The smallest absolute Gasteiger partial charge is 0.293 e.